The lowest BCUT2D eigenvalue weighted by Crippen LogP contribution is -2.12. The van der Waals surface area contributed by atoms with Crippen molar-refractivity contribution in [3.05, 3.63) is 59.3 Å². The van der Waals surface area contributed by atoms with E-state index in [0.717, 1.165) is 24.0 Å². The van der Waals surface area contributed by atoms with Crippen LogP contribution in [0.5, 0.6) is 0 Å². The number of allylic oxidation sites excluding steroid dienone is 8. The average Bonchev–Trinajstić information content (AvgIpc) is 3.05. The Labute approximate surface area is 106 Å². The highest BCUT2D eigenvalue weighted by atomic mass is 16.5. The first-order valence-electron chi connectivity index (χ1n) is 6.02. The summed E-state index contributed by atoms with van der Waals surface area (Å²) in [5.41, 5.74) is 2.65. The summed E-state index contributed by atoms with van der Waals surface area (Å²) in [4.78, 5) is 12.0. The molecule has 2 aliphatic carbocycles. The van der Waals surface area contributed by atoms with Gasteiger partial charge < -0.3 is 9.84 Å². The highest BCUT2D eigenvalue weighted by molar-refractivity contribution is 5.94. The van der Waals surface area contributed by atoms with E-state index >= 15 is 0 Å². The molecule has 0 radical (unpaired) electrons. The Morgan fingerprint density at radius 2 is 2.06 bits per heavy atom. The van der Waals surface area contributed by atoms with E-state index < -0.39 is 0 Å². The van der Waals surface area contributed by atoms with Crippen molar-refractivity contribution in [3.8, 4) is 0 Å². The Kier molecular flexibility index (Phi) is 4.31. The smallest absolute Gasteiger partial charge is 0.338 e. The summed E-state index contributed by atoms with van der Waals surface area (Å²) >= 11 is 0. The van der Waals surface area contributed by atoms with Crippen LogP contribution in [0.2, 0.25) is 0 Å². The number of hydrogen-bond donors (Lipinski definition) is 1. The molecule has 0 aromatic carbocycles. The van der Waals surface area contributed by atoms with Crippen LogP contribution in [0.1, 0.15) is 12.8 Å². The Morgan fingerprint density at radius 1 is 1.28 bits per heavy atom. The highest BCUT2D eigenvalue weighted by Crippen LogP contribution is 2.24. The zero-order valence-corrected chi connectivity index (χ0v) is 10.1. The largest absolute Gasteiger partial charge is 0.460 e. The summed E-state index contributed by atoms with van der Waals surface area (Å²) in [6.45, 7) is -0.116. The number of aliphatic hydroxyl groups excluding tert-OH is 1. The van der Waals surface area contributed by atoms with E-state index in [1.165, 1.54) is 0 Å². The lowest BCUT2D eigenvalue weighted by Gasteiger charge is -2.09. The molecule has 0 aromatic heterocycles. The molecule has 0 aromatic rings. The summed E-state index contributed by atoms with van der Waals surface area (Å²) < 4.78 is 5.00. The fourth-order valence-electron chi connectivity index (χ4n) is 1.90. The van der Waals surface area contributed by atoms with E-state index in [1.807, 2.05) is 42.5 Å². The lowest BCUT2D eigenvalue weighted by molar-refractivity contribution is -0.139. The van der Waals surface area contributed by atoms with Gasteiger partial charge in [0.15, 0.2) is 0 Å². The normalized spacial score (nSPS) is 17.9. The molecule has 0 atom stereocenters. The van der Waals surface area contributed by atoms with Crippen LogP contribution in [-0.2, 0) is 9.53 Å². The third kappa shape index (κ3) is 3.08. The Hall–Kier alpha value is -1.87. The molecule has 2 rings (SSSR count). The van der Waals surface area contributed by atoms with Gasteiger partial charge in [-0.2, -0.15) is 0 Å². The SMILES string of the molecule is O=C(OCCO)C(=CC1=CC=CC1)C1=CC=CC1. The summed E-state index contributed by atoms with van der Waals surface area (Å²) in [7, 11) is 0. The Bertz CT molecular complexity index is 476. The van der Waals surface area contributed by atoms with Crippen LogP contribution in [0.3, 0.4) is 0 Å². The standard InChI is InChI=1S/C15H16O3/c16-9-10-18-15(17)14(13-7-3-4-8-13)11-12-5-1-2-6-12/h1-5,7,11,16H,6,8-10H2. The van der Waals surface area contributed by atoms with Crippen molar-refractivity contribution in [1.82, 2.24) is 0 Å². The van der Waals surface area contributed by atoms with Crippen LogP contribution in [0.25, 0.3) is 0 Å². The summed E-state index contributed by atoms with van der Waals surface area (Å²) in [6.07, 6.45) is 15.3. The molecule has 3 heteroatoms. The second-order valence-electron chi connectivity index (χ2n) is 4.12. The number of aliphatic hydroxyl groups is 1. The van der Waals surface area contributed by atoms with Gasteiger partial charge >= 0.3 is 5.97 Å². The van der Waals surface area contributed by atoms with E-state index in [2.05, 4.69) is 0 Å². The van der Waals surface area contributed by atoms with E-state index in [-0.39, 0.29) is 19.2 Å². The minimum Gasteiger partial charge on any atom is -0.460 e. The molecular weight excluding hydrogens is 228 g/mol. The highest BCUT2D eigenvalue weighted by Gasteiger charge is 2.17. The van der Waals surface area contributed by atoms with Crippen molar-refractivity contribution in [3.63, 3.8) is 0 Å². The molecule has 0 aliphatic heterocycles. The van der Waals surface area contributed by atoms with E-state index in [0.29, 0.717) is 5.57 Å². The van der Waals surface area contributed by atoms with Gasteiger partial charge in [-0.3, -0.25) is 0 Å². The number of rotatable bonds is 5. The van der Waals surface area contributed by atoms with Gasteiger partial charge in [0.2, 0.25) is 0 Å². The third-order valence-electron chi connectivity index (χ3n) is 2.79. The van der Waals surface area contributed by atoms with Crippen molar-refractivity contribution >= 4 is 5.97 Å². The number of ether oxygens (including phenoxy) is 1. The maximum absolute atomic E-state index is 12.0. The second-order valence-corrected chi connectivity index (χ2v) is 4.12. The van der Waals surface area contributed by atoms with Crippen molar-refractivity contribution in [2.45, 2.75) is 12.8 Å². The molecule has 0 bridgehead atoms. The molecule has 2 aliphatic rings. The van der Waals surface area contributed by atoms with Crippen molar-refractivity contribution in [2.75, 3.05) is 13.2 Å². The monoisotopic (exact) mass is 244 g/mol. The predicted molar refractivity (Wildman–Crippen MR) is 69.8 cm³/mol. The fourth-order valence-corrected chi connectivity index (χ4v) is 1.90. The van der Waals surface area contributed by atoms with E-state index in [1.54, 1.807) is 0 Å². The van der Waals surface area contributed by atoms with Crippen LogP contribution < -0.4 is 0 Å². The maximum Gasteiger partial charge on any atom is 0.338 e. The molecule has 18 heavy (non-hydrogen) atoms. The Balaban J connectivity index is 2.15. The number of carbonyl (C=O) groups is 1. The summed E-state index contributed by atoms with van der Waals surface area (Å²) in [5, 5.41) is 8.70. The molecule has 0 fully saturated rings. The molecule has 1 N–H and O–H groups in total. The molecule has 0 unspecified atom stereocenters. The topological polar surface area (TPSA) is 46.5 Å². The predicted octanol–water partition coefficient (Wildman–Crippen LogP) is 2.22. The first kappa shape index (κ1) is 12.6. The van der Waals surface area contributed by atoms with Crippen LogP contribution >= 0.6 is 0 Å². The van der Waals surface area contributed by atoms with Crippen LogP contribution in [0.4, 0.5) is 0 Å². The first-order chi connectivity index (χ1) is 8.81. The zero-order valence-electron chi connectivity index (χ0n) is 10.1. The van der Waals surface area contributed by atoms with Crippen LogP contribution in [0, 0.1) is 0 Å². The minimum atomic E-state index is -0.369. The molecule has 0 saturated carbocycles. The zero-order chi connectivity index (χ0) is 12.8. The Morgan fingerprint density at radius 3 is 2.67 bits per heavy atom. The fraction of sp³-hybridized carbons (Fsp3) is 0.267. The maximum atomic E-state index is 12.0. The molecule has 0 amide bonds. The molecule has 0 heterocycles. The van der Waals surface area contributed by atoms with Gasteiger partial charge in [-0.15, -0.1) is 0 Å². The van der Waals surface area contributed by atoms with Gasteiger partial charge in [0.25, 0.3) is 0 Å². The summed E-state index contributed by atoms with van der Waals surface area (Å²) in [5.74, 6) is -0.369. The van der Waals surface area contributed by atoms with Gasteiger partial charge in [-0.05, 0) is 30.1 Å². The summed E-state index contributed by atoms with van der Waals surface area (Å²) in [6, 6.07) is 0. The number of carbonyl (C=O) groups excluding carboxylic acids is 1. The van der Waals surface area contributed by atoms with Gasteiger partial charge in [-0.25, -0.2) is 4.79 Å². The minimum absolute atomic E-state index is 0.0359. The molecule has 0 saturated heterocycles. The van der Waals surface area contributed by atoms with E-state index in [9.17, 15) is 4.79 Å². The molecule has 3 nitrogen and oxygen atoms in total. The molecule has 0 spiro atoms. The third-order valence-corrected chi connectivity index (χ3v) is 2.79. The number of esters is 1. The van der Waals surface area contributed by atoms with Gasteiger partial charge in [0.1, 0.15) is 6.61 Å². The van der Waals surface area contributed by atoms with Gasteiger partial charge in [0, 0.05) is 0 Å². The van der Waals surface area contributed by atoms with Crippen molar-refractivity contribution in [2.24, 2.45) is 0 Å². The first-order valence-corrected chi connectivity index (χ1v) is 6.02. The quantitative estimate of drug-likeness (QED) is 0.596. The van der Waals surface area contributed by atoms with Crippen LogP contribution in [0.15, 0.2) is 59.3 Å². The van der Waals surface area contributed by atoms with Crippen molar-refractivity contribution in [1.29, 1.82) is 0 Å². The van der Waals surface area contributed by atoms with Crippen molar-refractivity contribution < 1.29 is 14.6 Å². The lowest BCUT2D eigenvalue weighted by atomic mass is 10.0. The molecular formula is C15H16O3. The number of hydrogen-bond acceptors (Lipinski definition) is 3. The second kappa shape index (κ2) is 6.17. The van der Waals surface area contributed by atoms with E-state index in [4.69, 9.17) is 9.84 Å². The average molecular weight is 244 g/mol. The molecule has 94 valence electrons. The van der Waals surface area contributed by atoms with Crippen LogP contribution in [-0.4, -0.2) is 24.3 Å². The van der Waals surface area contributed by atoms with Gasteiger partial charge in [-0.1, -0.05) is 36.5 Å². The van der Waals surface area contributed by atoms with Gasteiger partial charge in [0.05, 0.1) is 12.2 Å².